The molecule has 2 aromatic rings. The van der Waals surface area contributed by atoms with E-state index in [-0.39, 0.29) is 5.91 Å². The summed E-state index contributed by atoms with van der Waals surface area (Å²) in [6, 6.07) is 5.89. The monoisotopic (exact) mass is 437 g/mol. The Bertz CT molecular complexity index is 549. The van der Waals surface area contributed by atoms with Gasteiger partial charge in [0.15, 0.2) is 0 Å². The molecule has 0 unspecified atom stereocenters. The zero-order chi connectivity index (χ0) is 14.5. The highest BCUT2D eigenvalue weighted by molar-refractivity contribution is 9.13. The largest absolute Gasteiger partial charge is 0.383 e. The SMILES string of the molecule is COCCN(Cc1cccs1)C(=O)c1cc(Br)c(Br)s1. The second kappa shape index (κ2) is 7.70. The summed E-state index contributed by atoms with van der Waals surface area (Å²) >= 11 is 9.94. The summed E-state index contributed by atoms with van der Waals surface area (Å²) in [6.45, 7) is 1.73. The highest BCUT2D eigenvalue weighted by atomic mass is 79.9. The minimum Gasteiger partial charge on any atom is -0.383 e. The number of thiophene rings is 2. The van der Waals surface area contributed by atoms with Crippen molar-refractivity contribution in [2.45, 2.75) is 6.54 Å². The predicted molar refractivity (Wildman–Crippen MR) is 90.7 cm³/mol. The topological polar surface area (TPSA) is 29.5 Å². The van der Waals surface area contributed by atoms with Crippen molar-refractivity contribution < 1.29 is 9.53 Å². The van der Waals surface area contributed by atoms with Gasteiger partial charge in [-0.3, -0.25) is 4.79 Å². The third-order valence-electron chi connectivity index (χ3n) is 2.64. The molecule has 0 N–H and O–H groups in total. The van der Waals surface area contributed by atoms with Gasteiger partial charge in [0.25, 0.3) is 5.91 Å². The van der Waals surface area contributed by atoms with Crippen LogP contribution in [-0.2, 0) is 11.3 Å². The van der Waals surface area contributed by atoms with E-state index in [2.05, 4.69) is 31.9 Å². The van der Waals surface area contributed by atoms with Gasteiger partial charge in [-0.25, -0.2) is 0 Å². The third-order valence-corrected chi connectivity index (χ3v) is 6.74. The van der Waals surface area contributed by atoms with E-state index in [1.165, 1.54) is 16.2 Å². The molecule has 3 nitrogen and oxygen atoms in total. The molecule has 0 radical (unpaired) electrons. The quantitative estimate of drug-likeness (QED) is 0.658. The van der Waals surface area contributed by atoms with E-state index in [0.717, 1.165) is 13.1 Å². The van der Waals surface area contributed by atoms with Crippen molar-refractivity contribution in [3.8, 4) is 0 Å². The van der Waals surface area contributed by atoms with Gasteiger partial charge in [0.05, 0.1) is 21.8 Å². The fourth-order valence-corrected chi connectivity index (χ4v) is 4.38. The molecule has 0 aromatic carbocycles. The van der Waals surface area contributed by atoms with Gasteiger partial charge in [-0.2, -0.15) is 0 Å². The number of rotatable bonds is 6. The lowest BCUT2D eigenvalue weighted by atomic mass is 10.3. The van der Waals surface area contributed by atoms with Crippen molar-refractivity contribution in [3.63, 3.8) is 0 Å². The molecule has 7 heteroatoms. The van der Waals surface area contributed by atoms with E-state index in [1.807, 2.05) is 28.5 Å². The lowest BCUT2D eigenvalue weighted by molar-refractivity contribution is 0.0687. The van der Waals surface area contributed by atoms with E-state index in [4.69, 9.17) is 4.74 Å². The Kier molecular flexibility index (Phi) is 6.22. The van der Waals surface area contributed by atoms with Gasteiger partial charge in [0, 0.05) is 23.0 Å². The number of carbonyl (C=O) groups excluding carboxylic acids is 1. The van der Waals surface area contributed by atoms with Crippen molar-refractivity contribution in [1.29, 1.82) is 0 Å². The maximum atomic E-state index is 12.6. The maximum absolute atomic E-state index is 12.6. The van der Waals surface area contributed by atoms with Crippen LogP contribution in [-0.4, -0.2) is 31.1 Å². The van der Waals surface area contributed by atoms with E-state index in [1.54, 1.807) is 18.4 Å². The standard InChI is InChI=1S/C13H13Br2NO2S2/c1-18-5-4-16(8-9-3-2-6-19-9)13(17)11-7-10(14)12(15)20-11/h2-3,6-7H,4-5,8H2,1H3. The zero-order valence-corrected chi connectivity index (χ0v) is 15.6. The van der Waals surface area contributed by atoms with Crippen molar-refractivity contribution in [2.24, 2.45) is 0 Å². The van der Waals surface area contributed by atoms with Crippen molar-refractivity contribution in [1.82, 2.24) is 4.90 Å². The summed E-state index contributed by atoms with van der Waals surface area (Å²) in [5.41, 5.74) is 0. The fraction of sp³-hybridized carbons (Fsp3) is 0.308. The Morgan fingerprint density at radius 3 is 2.80 bits per heavy atom. The molecule has 0 fully saturated rings. The molecule has 20 heavy (non-hydrogen) atoms. The van der Waals surface area contributed by atoms with Gasteiger partial charge in [-0.05, 0) is 49.4 Å². The van der Waals surface area contributed by atoms with Crippen LogP contribution in [0.4, 0.5) is 0 Å². The average molecular weight is 439 g/mol. The van der Waals surface area contributed by atoms with Crippen LogP contribution in [0.5, 0.6) is 0 Å². The van der Waals surface area contributed by atoms with Crippen LogP contribution in [0.15, 0.2) is 31.8 Å². The molecule has 108 valence electrons. The second-order valence-corrected chi connectivity index (χ2v) is 8.29. The molecule has 0 aliphatic rings. The van der Waals surface area contributed by atoms with E-state index < -0.39 is 0 Å². The summed E-state index contributed by atoms with van der Waals surface area (Å²) in [6.07, 6.45) is 0. The van der Waals surface area contributed by atoms with Crippen LogP contribution in [0.3, 0.4) is 0 Å². The molecule has 2 rings (SSSR count). The normalized spacial score (nSPS) is 10.8. The van der Waals surface area contributed by atoms with Crippen molar-refractivity contribution >= 4 is 60.4 Å². The summed E-state index contributed by atoms with van der Waals surface area (Å²) in [5, 5.41) is 2.02. The molecule has 0 aliphatic heterocycles. The Hall–Kier alpha value is -0.210. The van der Waals surface area contributed by atoms with Crippen molar-refractivity contribution in [2.75, 3.05) is 20.3 Å². The van der Waals surface area contributed by atoms with Gasteiger partial charge in [0.1, 0.15) is 0 Å². The lowest BCUT2D eigenvalue weighted by Gasteiger charge is -2.21. The molecule has 2 heterocycles. The number of nitrogens with zero attached hydrogens (tertiary/aromatic N) is 1. The summed E-state index contributed by atoms with van der Waals surface area (Å²) in [4.78, 5) is 16.3. The number of methoxy groups -OCH3 is 1. The van der Waals surface area contributed by atoms with Gasteiger partial charge < -0.3 is 9.64 Å². The molecule has 0 saturated heterocycles. The Morgan fingerprint density at radius 1 is 1.45 bits per heavy atom. The number of ether oxygens (including phenoxy) is 1. The first kappa shape index (κ1) is 16.2. The molecular formula is C13H13Br2NO2S2. The number of hydrogen-bond donors (Lipinski definition) is 0. The van der Waals surface area contributed by atoms with Gasteiger partial charge in [-0.15, -0.1) is 22.7 Å². The van der Waals surface area contributed by atoms with Gasteiger partial charge >= 0.3 is 0 Å². The smallest absolute Gasteiger partial charge is 0.264 e. The summed E-state index contributed by atoms with van der Waals surface area (Å²) in [7, 11) is 1.64. The first-order valence-corrected chi connectivity index (χ1v) is 9.15. The molecule has 0 atom stereocenters. The molecule has 0 bridgehead atoms. The van der Waals surface area contributed by atoms with Crippen LogP contribution in [0.1, 0.15) is 14.5 Å². The van der Waals surface area contributed by atoms with Crippen LogP contribution >= 0.6 is 54.5 Å². The van der Waals surface area contributed by atoms with Crippen LogP contribution in [0.2, 0.25) is 0 Å². The molecule has 0 saturated carbocycles. The van der Waals surface area contributed by atoms with Crippen LogP contribution in [0.25, 0.3) is 0 Å². The number of halogens is 2. The van der Waals surface area contributed by atoms with E-state index >= 15 is 0 Å². The maximum Gasteiger partial charge on any atom is 0.264 e. The number of amides is 1. The highest BCUT2D eigenvalue weighted by Crippen LogP contribution is 2.33. The minimum absolute atomic E-state index is 0.0341. The highest BCUT2D eigenvalue weighted by Gasteiger charge is 2.19. The van der Waals surface area contributed by atoms with Crippen LogP contribution < -0.4 is 0 Å². The summed E-state index contributed by atoms with van der Waals surface area (Å²) in [5.74, 6) is 0.0341. The average Bonchev–Trinajstić information content (AvgIpc) is 3.05. The van der Waals surface area contributed by atoms with Gasteiger partial charge in [0.2, 0.25) is 0 Å². The molecule has 0 aliphatic carbocycles. The van der Waals surface area contributed by atoms with Gasteiger partial charge in [-0.1, -0.05) is 6.07 Å². The third kappa shape index (κ3) is 4.14. The fourth-order valence-electron chi connectivity index (χ4n) is 1.65. The molecule has 0 spiro atoms. The molecule has 2 aromatic heterocycles. The Balaban J connectivity index is 2.14. The Labute approximate surface area is 142 Å². The number of hydrogen-bond acceptors (Lipinski definition) is 4. The van der Waals surface area contributed by atoms with Crippen LogP contribution in [0, 0.1) is 0 Å². The minimum atomic E-state index is 0.0341. The van der Waals surface area contributed by atoms with Crippen molar-refractivity contribution in [3.05, 3.63) is 41.6 Å². The second-order valence-electron chi connectivity index (χ2n) is 4.03. The zero-order valence-electron chi connectivity index (χ0n) is 10.8. The molecule has 1 amide bonds. The first-order chi connectivity index (χ1) is 9.61. The lowest BCUT2D eigenvalue weighted by Crippen LogP contribution is -2.32. The van der Waals surface area contributed by atoms with E-state index in [9.17, 15) is 4.79 Å². The Morgan fingerprint density at radius 2 is 2.25 bits per heavy atom. The first-order valence-electron chi connectivity index (χ1n) is 5.87. The van der Waals surface area contributed by atoms with E-state index in [0.29, 0.717) is 19.7 Å². The predicted octanol–water partition coefficient (Wildman–Crippen LogP) is 4.62. The summed E-state index contributed by atoms with van der Waals surface area (Å²) < 4.78 is 6.95. The molecular weight excluding hydrogens is 426 g/mol. The number of carbonyl (C=O) groups is 1.